The van der Waals surface area contributed by atoms with E-state index in [9.17, 15) is 10.1 Å². The largest absolute Gasteiger partial charge is 0.283 e. The smallest absolute Gasteiger partial charge is 0.258 e. The zero-order chi connectivity index (χ0) is 9.14. The first-order valence-corrected chi connectivity index (χ1v) is 4.46. The third kappa shape index (κ3) is 1.95. The van der Waals surface area contributed by atoms with Crippen LogP contribution in [0.4, 0.5) is 5.69 Å². The van der Waals surface area contributed by atoms with Crippen molar-refractivity contribution in [2.75, 3.05) is 0 Å². The van der Waals surface area contributed by atoms with E-state index in [1.807, 2.05) is 0 Å². The van der Waals surface area contributed by atoms with Gasteiger partial charge in [-0.3, -0.25) is 10.1 Å². The van der Waals surface area contributed by atoms with Crippen LogP contribution in [0.3, 0.4) is 0 Å². The van der Waals surface area contributed by atoms with Crippen LogP contribution in [0.1, 0.15) is 5.56 Å². The lowest BCUT2D eigenvalue weighted by atomic mass is 10.2. The van der Waals surface area contributed by atoms with Crippen LogP contribution in [0.5, 0.6) is 0 Å². The second-order valence-corrected chi connectivity index (χ2v) is 3.30. The molecule has 0 fully saturated rings. The van der Waals surface area contributed by atoms with Gasteiger partial charge in [0.05, 0.1) is 9.40 Å². The molecule has 1 rings (SSSR count). The minimum Gasteiger partial charge on any atom is -0.258 e. The molecular weight excluding hydrogens is 245 g/mol. The summed E-state index contributed by atoms with van der Waals surface area (Å²) in [6.07, 6.45) is 0. The quantitative estimate of drug-likeness (QED) is 0.460. The van der Waals surface area contributed by atoms with Crippen LogP contribution in [-0.2, 0) is 5.88 Å². The van der Waals surface area contributed by atoms with Crippen molar-refractivity contribution in [3.63, 3.8) is 0 Å². The van der Waals surface area contributed by atoms with Crippen LogP contribution in [0.25, 0.3) is 0 Å². The van der Waals surface area contributed by atoms with Crippen LogP contribution in [0.15, 0.2) is 22.7 Å². The molecule has 64 valence electrons. The number of halogens is 2. The monoisotopic (exact) mass is 249 g/mol. The first-order chi connectivity index (χ1) is 5.65. The summed E-state index contributed by atoms with van der Waals surface area (Å²) in [5.41, 5.74) is 0.791. The molecule has 0 aliphatic heterocycles. The van der Waals surface area contributed by atoms with Crippen molar-refractivity contribution in [2.45, 2.75) is 5.88 Å². The summed E-state index contributed by atoms with van der Waals surface area (Å²) in [4.78, 5) is 9.98. The standard InChI is InChI=1S/C7H5BrClNO2/c8-6-2-1-5(4-9)3-7(6)10(11)12/h1-3H,4H2. The molecule has 12 heavy (non-hydrogen) atoms. The summed E-state index contributed by atoms with van der Waals surface area (Å²) in [5.74, 6) is 0.286. The first-order valence-electron chi connectivity index (χ1n) is 3.14. The molecule has 0 aromatic heterocycles. The van der Waals surface area contributed by atoms with E-state index in [2.05, 4.69) is 15.9 Å². The van der Waals surface area contributed by atoms with Gasteiger partial charge in [0, 0.05) is 11.9 Å². The summed E-state index contributed by atoms with van der Waals surface area (Å²) >= 11 is 8.59. The van der Waals surface area contributed by atoms with E-state index >= 15 is 0 Å². The number of hydrogen-bond donors (Lipinski definition) is 0. The lowest BCUT2D eigenvalue weighted by Crippen LogP contribution is -1.90. The molecule has 0 aliphatic rings. The molecule has 5 heteroatoms. The second kappa shape index (κ2) is 3.87. The van der Waals surface area contributed by atoms with E-state index in [4.69, 9.17) is 11.6 Å². The minimum absolute atomic E-state index is 0.0492. The third-order valence-electron chi connectivity index (χ3n) is 1.36. The van der Waals surface area contributed by atoms with Crippen molar-refractivity contribution in [1.29, 1.82) is 0 Å². The minimum atomic E-state index is -0.444. The van der Waals surface area contributed by atoms with Gasteiger partial charge in [-0.2, -0.15) is 0 Å². The van der Waals surface area contributed by atoms with Gasteiger partial charge in [-0.05, 0) is 27.6 Å². The van der Waals surface area contributed by atoms with Gasteiger partial charge >= 0.3 is 0 Å². The molecule has 0 unspecified atom stereocenters. The Bertz CT molecular complexity index is 316. The number of benzene rings is 1. The van der Waals surface area contributed by atoms with Crippen molar-refractivity contribution in [3.05, 3.63) is 38.3 Å². The summed E-state index contributed by atoms with van der Waals surface area (Å²) in [6, 6.07) is 4.82. The molecule has 0 N–H and O–H groups in total. The maximum atomic E-state index is 10.4. The van der Waals surface area contributed by atoms with E-state index < -0.39 is 4.92 Å². The van der Waals surface area contributed by atoms with Crippen LogP contribution in [0.2, 0.25) is 0 Å². The zero-order valence-corrected chi connectivity index (χ0v) is 8.30. The Morgan fingerprint density at radius 3 is 2.75 bits per heavy atom. The third-order valence-corrected chi connectivity index (χ3v) is 2.34. The summed E-state index contributed by atoms with van der Waals surface area (Å²) < 4.78 is 0.473. The summed E-state index contributed by atoms with van der Waals surface area (Å²) in [5, 5.41) is 10.4. The summed E-state index contributed by atoms with van der Waals surface area (Å²) in [7, 11) is 0. The lowest BCUT2D eigenvalue weighted by Gasteiger charge is -1.97. The Kier molecular flexibility index (Phi) is 3.05. The highest BCUT2D eigenvalue weighted by molar-refractivity contribution is 9.10. The molecule has 0 spiro atoms. The molecular formula is C7H5BrClNO2. The van der Waals surface area contributed by atoms with Gasteiger partial charge in [0.25, 0.3) is 5.69 Å². The maximum absolute atomic E-state index is 10.4. The van der Waals surface area contributed by atoms with Gasteiger partial charge in [-0.25, -0.2) is 0 Å². The van der Waals surface area contributed by atoms with Gasteiger partial charge in [0.1, 0.15) is 0 Å². The average molecular weight is 250 g/mol. The van der Waals surface area contributed by atoms with Gasteiger partial charge in [-0.1, -0.05) is 6.07 Å². The fourth-order valence-electron chi connectivity index (χ4n) is 0.781. The van der Waals surface area contributed by atoms with Crippen molar-refractivity contribution < 1.29 is 4.92 Å². The Hall–Kier alpha value is -0.610. The molecule has 0 bridgehead atoms. The maximum Gasteiger partial charge on any atom is 0.283 e. The highest BCUT2D eigenvalue weighted by atomic mass is 79.9. The van der Waals surface area contributed by atoms with Crippen molar-refractivity contribution in [1.82, 2.24) is 0 Å². The Balaban J connectivity index is 3.17. The Labute approximate surface area is 82.6 Å². The number of alkyl halides is 1. The van der Waals surface area contributed by atoms with Gasteiger partial charge in [-0.15, -0.1) is 11.6 Å². The van der Waals surface area contributed by atoms with Crippen molar-refractivity contribution in [2.24, 2.45) is 0 Å². The molecule has 3 nitrogen and oxygen atoms in total. The van der Waals surface area contributed by atoms with Crippen LogP contribution in [-0.4, -0.2) is 4.92 Å². The topological polar surface area (TPSA) is 43.1 Å². The number of rotatable bonds is 2. The lowest BCUT2D eigenvalue weighted by molar-refractivity contribution is -0.385. The molecule has 1 aromatic rings. The number of nitro benzene ring substituents is 1. The zero-order valence-electron chi connectivity index (χ0n) is 5.96. The Morgan fingerprint density at radius 1 is 1.58 bits per heavy atom. The normalized spacial score (nSPS) is 9.83. The van der Waals surface area contributed by atoms with Crippen LogP contribution >= 0.6 is 27.5 Å². The van der Waals surface area contributed by atoms with Crippen LogP contribution < -0.4 is 0 Å². The average Bonchev–Trinajstić information content (AvgIpc) is 2.05. The molecule has 0 heterocycles. The van der Waals surface area contributed by atoms with Gasteiger partial charge in [0.2, 0.25) is 0 Å². The highest BCUT2D eigenvalue weighted by Crippen LogP contribution is 2.25. The van der Waals surface area contributed by atoms with E-state index in [0.717, 1.165) is 5.56 Å². The van der Waals surface area contributed by atoms with E-state index in [0.29, 0.717) is 4.47 Å². The molecule has 0 aliphatic carbocycles. The van der Waals surface area contributed by atoms with Gasteiger partial charge < -0.3 is 0 Å². The summed E-state index contributed by atoms with van der Waals surface area (Å²) in [6.45, 7) is 0. The van der Waals surface area contributed by atoms with E-state index in [1.54, 1.807) is 12.1 Å². The molecule has 0 radical (unpaired) electrons. The number of nitro groups is 1. The molecule has 0 amide bonds. The fourth-order valence-corrected chi connectivity index (χ4v) is 1.34. The van der Waals surface area contributed by atoms with Crippen molar-refractivity contribution in [3.8, 4) is 0 Å². The van der Waals surface area contributed by atoms with E-state index in [-0.39, 0.29) is 11.6 Å². The molecule has 0 atom stereocenters. The van der Waals surface area contributed by atoms with Crippen LogP contribution in [0, 0.1) is 10.1 Å². The Morgan fingerprint density at radius 2 is 2.25 bits per heavy atom. The van der Waals surface area contributed by atoms with Gasteiger partial charge in [0.15, 0.2) is 0 Å². The number of nitrogens with zero attached hydrogens (tertiary/aromatic N) is 1. The second-order valence-electron chi connectivity index (χ2n) is 2.18. The number of hydrogen-bond acceptors (Lipinski definition) is 2. The molecule has 0 saturated heterocycles. The van der Waals surface area contributed by atoms with Crippen molar-refractivity contribution >= 4 is 33.2 Å². The van der Waals surface area contributed by atoms with E-state index in [1.165, 1.54) is 6.07 Å². The highest BCUT2D eigenvalue weighted by Gasteiger charge is 2.11. The fraction of sp³-hybridized carbons (Fsp3) is 0.143. The predicted octanol–water partition coefficient (Wildman–Crippen LogP) is 3.10. The predicted molar refractivity (Wildman–Crippen MR) is 50.4 cm³/mol. The molecule has 0 saturated carbocycles. The first kappa shape index (κ1) is 9.48. The molecule has 1 aromatic carbocycles. The SMILES string of the molecule is O=[N+]([O-])c1cc(CCl)ccc1Br.